The van der Waals surface area contributed by atoms with Crippen LogP contribution >= 0.6 is 11.6 Å². The van der Waals surface area contributed by atoms with Gasteiger partial charge in [-0.1, -0.05) is 54.1 Å². The summed E-state index contributed by atoms with van der Waals surface area (Å²) in [5, 5.41) is 0.594. The van der Waals surface area contributed by atoms with Gasteiger partial charge in [-0.25, -0.2) is 0 Å². The number of ketones is 1. The number of halogens is 1. The standard InChI is InChI=1S/C16H16ClNO/c1-18(11-13-6-3-2-4-7-13)12-16(19)14-8-5-9-15(17)10-14/h2-10H,11-12H2,1H3. The number of Topliss-reactive ketones (excluding diaryl/α,β-unsaturated/α-hetero) is 1. The summed E-state index contributed by atoms with van der Waals surface area (Å²) in [4.78, 5) is 14.1. The van der Waals surface area contributed by atoms with E-state index < -0.39 is 0 Å². The lowest BCUT2D eigenvalue weighted by atomic mass is 10.1. The third-order valence-corrected chi connectivity index (χ3v) is 3.09. The van der Waals surface area contributed by atoms with Crippen molar-refractivity contribution in [1.82, 2.24) is 4.90 Å². The Morgan fingerprint density at radius 1 is 1.11 bits per heavy atom. The first kappa shape index (κ1) is 13.8. The summed E-state index contributed by atoms with van der Waals surface area (Å²) >= 11 is 5.89. The highest BCUT2D eigenvalue weighted by atomic mass is 35.5. The molecule has 0 amide bonds. The van der Waals surface area contributed by atoms with E-state index in [0.717, 1.165) is 6.54 Å². The molecule has 0 heterocycles. The molecule has 0 aromatic heterocycles. The van der Waals surface area contributed by atoms with Gasteiger partial charge in [-0.15, -0.1) is 0 Å². The van der Waals surface area contributed by atoms with E-state index >= 15 is 0 Å². The number of nitrogens with zero attached hydrogens (tertiary/aromatic N) is 1. The van der Waals surface area contributed by atoms with Crippen molar-refractivity contribution >= 4 is 17.4 Å². The summed E-state index contributed by atoms with van der Waals surface area (Å²) in [5.41, 5.74) is 1.86. The Morgan fingerprint density at radius 2 is 1.84 bits per heavy atom. The van der Waals surface area contributed by atoms with E-state index in [1.54, 1.807) is 24.3 Å². The first-order valence-electron chi connectivity index (χ1n) is 6.16. The number of likely N-dealkylation sites (N-methyl/N-ethyl adjacent to an activating group) is 1. The zero-order valence-electron chi connectivity index (χ0n) is 10.8. The van der Waals surface area contributed by atoms with Gasteiger partial charge in [-0.05, 0) is 24.7 Å². The topological polar surface area (TPSA) is 20.3 Å². The predicted molar refractivity (Wildman–Crippen MR) is 78.6 cm³/mol. The molecule has 0 aliphatic rings. The molecule has 0 unspecified atom stereocenters. The molecule has 2 aromatic rings. The van der Waals surface area contributed by atoms with Crippen LogP contribution in [0.25, 0.3) is 0 Å². The largest absolute Gasteiger partial charge is 0.295 e. The quantitative estimate of drug-likeness (QED) is 0.775. The average molecular weight is 274 g/mol. The molecule has 0 N–H and O–H groups in total. The van der Waals surface area contributed by atoms with Crippen molar-refractivity contribution < 1.29 is 4.79 Å². The molecule has 0 bridgehead atoms. The van der Waals surface area contributed by atoms with Crippen LogP contribution in [-0.4, -0.2) is 24.3 Å². The number of carbonyl (C=O) groups is 1. The summed E-state index contributed by atoms with van der Waals surface area (Å²) in [6, 6.07) is 17.2. The molecule has 19 heavy (non-hydrogen) atoms. The molecule has 0 saturated heterocycles. The second-order valence-corrected chi connectivity index (χ2v) is 5.03. The van der Waals surface area contributed by atoms with Crippen molar-refractivity contribution in [3.8, 4) is 0 Å². The molecule has 0 aliphatic heterocycles. The Bertz CT molecular complexity index is 554. The van der Waals surface area contributed by atoms with E-state index in [-0.39, 0.29) is 5.78 Å². The van der Waals surface area contributed by atoms with Gasteiger partial charge >= 0.3 is 0 Å². The first-order chi connectivity index (χ1) is 9.15. The Kier molecular flexibility index (Phi) is 4.72. The molecule has 0 fully saturated rings. The lowest BCUT2D eigenvalue weighted by Gasteiger charge is -2.15. The van der Waals surface area contributed by atoms with Gasteiger partial charge < -0.3 is 0 Å². The fourth-order valence-electron chi connectivity index (χ4n) is 1.95. The minimum absolute atomic E-state index is 0.0842. The molecule has 2 nitrogen and oxygen atoms in total. The Balaban J connectivity index is 1.95. The van der Waals surface area contributed by atoms with Crippen LogP contribution in [0.2, 0.25) is 5.02 Å². The van der Waals surface area contributed by atoms with E-state index in [4.69, 9.17) is 11.6 Å². The second kappa shape index (κ2) is 6.50. The third kappa shape index (κ3) is 4.19. The van der Waals surface area contributed by atoms with Gasteiger partial charge in [0.1, 0.15) is 0 Å². The Labute approximate surface area is 118 Å². The van der Waals surface area contributed by atoms with Crippen LogP contribution in [0.4, 0.5) is 0 Å². The van der Waals surface area contributed by atoms with Crippen molar-refractivity contribution in [3.05, 3.63) is 70.7 Å². The lowest BCUT2D eigenvalue weighted by molar-refractivity contribution is 0.0943. The molecule has 2 rings (SSSR count). The minimum atomic E-state index is 0.0842. The zero-order valence-corrected chi connectivity index (χ0v) is 11.6. The van der Waals surface area contributed by atoms with Crippen molar-refractivity contribution in [1.29, 1.82) is 0 Å². The van der Waals surface area contributed by atoms with Crippen LogP contribution in [0.5, 0.6) is 0 Å². The Morgan fingerprint density at radius 3 is 2.53 bits per heavy atom. The Hall–Kier alpha value is -1.64. The van der Waals surface area contributed by atoms with E-state index in [2.05, 4.69) is 12.1 Å². The highest BCUT2D eigenvalue weighted by Crippen LogP contribution is 2.12. The lowest BCUT2D eigenvalue weighted by Crippen LogP contribution is -2.25. The zero-order chi connectivity index (χ0) is 13.7. The van der Waals surface area contributed by atoms with Gasteiger partial charge in [0.05, 0.1) is 6.54 Å². The fraction of sp³-hybridized carbons (Fsp3) is 0.188. The van der Waals surface area contributed by atoms with Crippen LogP contribution in [0, 0.1) is 0 Å². The van der Waals surface area contributed by atoms with Crippen molar-refractivity contribution in [3.63, 3.8) is 0 Å². The molecule has 2 aromatic carbocycles. The number of rotatable bonds is 5. The molecule has 3 heteroatoms. The van der Waals surface area contributed by atoms with Gasteiger partial charge in [-0.2, -0.15) is 0 Å². The maximum absolute atomic E-state index is 12.1. The van der Waals surface area contributed by atoms with E-state index in [9.17, 15) is 4.79 Å². The van der Waals surface area contributed by atoms with Crippen molar-refractivity contribution in [2.45, 2.75) is 6.54 Å². The summed E-state index contributed by atoms with van der Waals surface area (Å²) in [7, 11) is 1.94. The minimum Gasteiger partial charge on any atom is -0.295 e. The maximum Gasteiger partial charge on any atom is 0.176 e. The number of hydrogen-bond acceptors (Lipinski definition) is 2. The van der Waals surface area contributed by atoms with Crippen LogP contribution in [0.3, 0.4) is 0 Å². The summed E-state index contributed by atoms with van der Waals surface area (Å²) in [6.45, 7) is 1.14. The maximum atomic E-state index is 12.1. The van der Waals surface area contributed by atoms with Gasteiger partial charge in [0, 0.05) is 17.1 Å². The van der Waals surface area contributed by atoms with Gasteiger partial charge in [0.2, 0.25) is 0 Å². The molecule has 0 saturated carbocycles. The summed E-state index contributed by atoms with van der Waals surface area (Å²) in [6.07, 6.45) is 0. The highest BCUT2D eigenvalue weighted by Gasteiger charge is 2.09. The van der Waals surface area contributed by atoms with Crippen LogP contribution in [0.15, 0.2) is 54.6 Å². The molecule has 0 spiro atoms. The molecule has 0 atom stereocenters. The highest BCUT2D eigenvalue weighted by molar-refractivity contribution is 6.31. The second-order valence-electron chi connectivity index (χ2n) is 4.59. The predicted octanol–water partition coefficient (Wildman–Crippen LogP) is 3.65. The van der Waals surface area contributed by atoms with Gasteiger partial charge in [0.25, 0.3) is 0 Å². The number of carbonyl (C=O) groups excluding carboxylic acids is 1. The molecule has 0 radical (unpaired) electrons. The van der Waals surface area contributed by atoms with Crippen molar-refractivity contribution in [2.75, 3.05) is 13.6 Å². The van der Waals surface area contributed by atoms with Gasteiger partial charge in [0.15, 0.2) is 5.78 Å². The van der Waals surface area contributed by atoms with Crippen LogP contribution < -0.4 is 0 Å². The molecular weight excluding hydrogens is 258 g/mol. The van der Waals surface area contributed by atoms with Crippen LogP contribution in [0.1, 0.15) is 15.9 Å². The third-order valence-electron chi connectivity index (χ3n) is 2.86. The molecule has 98 valence electrons. The smallest absolute Gasteiger partial charge is 0.176 e. The normalized spacial score (nSPS) is 10.7. The monoisotopic (exact) mass is 273 g/mol. The fourth-order valence-corrected chi connectivity index (χ4v) is 2.14. The summed E-state index contributed by atoms with van der Waals surface area (Å²) < 4.78 is 0. The van der Waals surface area contributed by atoms with Crippen LogP contribution in [-0.2, 0) is 6.54 Å². The number of benzene rings is 2. The van der Waals surface area contributed by atoms with E-state index in [1.807, 2.05) is 30.1 Å². The van der Waals surface area contributed by atoms with Crippen molar-refractivity contribution in [2.24, 2.45) is 0 Å². The average Bonchev–Trinajstić information content (AvgIpc) is 2.39. The molecular formula is C16H16ClNO. The van der Waals surface area contributed by atoms with E-state index in [0.29, 0.717) is 17.1 Å². The summed E-state index contributed by atoms with van der Waals surface area (Å²) in [5.74, 6) is 0.0842. The van der Waals surface area contributed by atoms with Gasteiger partial charge in [-0.3, -0.25) is 9.69 Å². The van der Waals surface area contributed by atoms with E-state index in [1.165, 1.54) is 5.56 Å². The first-order valence-corrected chi connectivity index (χ1v) is 6.54. The number of hydrogen-bond donors (Lipinski definition) is 0. The molecule has 0 aliphatic carbocycles. The SMILES string of the molecule is CN(CC(=O)c1cccc(Cl)c1)Cc1ccccc1.